The largest absolute Gasteiger partial charge is 0.356 e. The molecule has 26 heavy (non-hydrogen) atoms. The van der Waals surface area contributed by atoms with Gasteiger partial charge in [-0.1, -0.05) is 41.1 Å². The lowest BCUT2D eigenvalue weighted by atomic mass is 9.96. The molecular formula is C20H32BrIN4. The molecular weight excluding hydrogens is 503 g/mol. The van der Waals surface area contributed by atoms with Gasteiger partial charge in [-0.15, -0.1) is 24.0 Å². The molecule has 4 nitrogen and oxygen atoms in total. The fourth-order valence-corrected chi connectivity index (χ4v) is 4.60. The molecule has 1 saturated carbocycles. The molecule has 1 aliphatic heterocycles. The summed E-state index contributed by atoms with van der Waals surface area (Å²) in [7, 11) is 1.87. The van der Waals surface area contributed by atoms with Gasteiger partial charge in [0.1, 0.15) is 0 Å². The number of guanidine groups is 1. The molecule has 0 radical (unpaired) electrons. The molecule has 1 heterocycles. The third kappa shape index (κ3) is 5.58. The Labute approximate surface area is 183 Å². The molecule has 1 saturated heterocycles. The number of nitrogens with zero attached hydrogens (tertiary/aromatic N) is 2. The monoisotopic (exact) mass is 534 g/mol. The smallest absolute Gasteiger partial charge is 0.191 e. The summed E-state index contributed by atoms with van der Waals surface area (Å²) in [4.78, 5) is 7.00. The van der Waals surface area contributed by atoms with Crippen LogP contribution in [0.5, 0.6) is 0 Å². The van der Waals surface area contributed by atoms with Gasteiger partial charge in [0, 0.05) is 36.6 Å². The van der Waals surface area contributed by atoms with Crippen molar-refractivity contribution < 1.29 is 0 Å². The van der Waals surface area contributed by atoms with E-state index in [1.54, 1.807) is 0 Å². The van der Waals surface area contributed by atoms with Crippen molar-refractivity contribution in [2.45, 2.75) is 38.0 Å². The van der Waals surface area contributed by atoms with Crippen molar-refractivity contribution in [3.05, 3.63) is 34.3 Å². The van der Waals surface area contributed by atoms with E-state index < -0.39 is 0 Å². The van der Waals surface area contributed by atoms with E-state index >= 15 is 0 Å². The first-order valence-corrected chi connectivity index (χ1v) is 10.4. The van der Waals surface area contributed by atoms with E-state index in [1.165, 1.54) is 55.4 Å². The maximum Gasteiger partial charge on any atom is 0.191 e. The number of hydrogen-bond donors (Lipinski definition) is 2. The zero-order chi connectivity index (χ0) is 17.7. The molecule has 1 aromatic carbocycles. The Morgan fingerprint density at radius 2 is 2.08 bits per heavy atom. The summed E-state index contributed by atoms with van der Waals surface area (Å²) < 4.78 is 1.22. The van der Waals surface area contributed by atoms with Gasteiger partial charge in [-0.2, -0.15) is 0 Å². The van der Waals surface area contributed by atoms with Crippen LogP contribution < -0.4 is 10.6 Å². The highest BCUT2D eigenvalue weighted by molar-refractivity contribution is 14.0. The Morgan fingerprint density at radius 1 is 1.31 bits per heavy atom. The van der Waals surface area contributed by atoms with Crippen molar-refractivity contribution in [1.29, 1.82) is 0 Å². The number of halogens is 2. The van der Waals surface area contributed by atoms with Crippen LogP contribution >= 0.6 is 39.9 Å². The number of nitrogens with one attached hydrogen (secondary N) is 2. The van der Waals surface area contributed by atoms with Gasteiger partial charge in [0.25, 0.3) is 0 Å². The van der Waals surface area contributed by atoms with Gasteiger partial charge in [0.15, 0.2) is 5.96 Å². The van der Waals surface area contributed by atoms with Crippen LogP contribution in [0, 0.1) is 5.92 Å². The highest BCUT2D eigenvalue weighted by atomic mass is 127. The second-order valence-electron chi connectivity index (χ2n) is 7.52. The minimum absolute atomic E-state index is 0. The molecule has 1 unspecified atom stereocenters. The number of aliphatic imine (C=N–C) groups is 1. The number of rotatable bonds is 7. The summed E-state index contributed by atoms with van der Waals surface area (Å²) >= 11 is 3.71. The van der Waals surface area contributed by atoms with Crippen molar-refractivity contribution in [2.24, 2.45) is 10.9 Å². The van der Waals surface area contributed by atoms with Crippen LogP contribution in [-0.4, -0.2) is 50.6 Å². The zero-order valence-corrected chi connectivity index (χ0v) is 19.8. The maximum atomic E-state index is 4.42. The van der Waals surface area contributed by atoms with Crippen LogP contribution in [-0.2, 0) is 5.41 Å². The van der Waals surface area contributed by atoms with Gasteiger partial charge in [0.05, 0.1) is 0 Å². The van der Waals surface area contributed by atoms with E-state index in [0.29, 0.717) is 0 Å². The van der Waals surface area contributed by atoms with Crippen LogP contribution in [0.4, 0.5) is 0 Å². The summed E-state index contributed by atoms with van der Waals surface area (Å²) in [6.45, 7) is 7.92. The lowest BCUT2D eigenvalue weighted by Crippen LogP contribution is -2.43. The minimum atomic E-state index is 0. The highest BCUT2D eigenvalue weighted by Crippen LogP contribution is 2.49. The molecule has 1 aromatic rings. The molecule has 0 bridgehead atoms. The molecule has 146 valence electrons. The third-order valence-electron chi connectivity index (χ3n) is 5.58. The molecule has 1 aliphatic carbocycles. The minimum Gasteiger partial charge on any atom is -0.356 e. The van der Waals surface area contributed by atoms with E-state index in [4.69, 9.17) is 0 Å². The zero-order valence-electron chi connectivity index (χ0n) is 15.9. The van der Waals surface area contributed by atoms with Crippen molar-refractivity contribution >= 4 is 45.9 Å². The quantitative estimate of drug-likeness (QED) is 0.315. The normalized spacial score (nSPS) is 22.0. The van der Waals surface area contributed by atoms with Crippen LogP contribution in [0.2, 0.25) is 0 Å². The van der Waals surface area contributed by atoms with E-state index in [1.807, 2.05) is 7.05 Å². The average Bonchev–Trinajstić information content (AvgIpc) is 3.27. The van der Waals surface area contributed by atoms with Gasteiger partial charge < -0.3 is 15.5 Å². The predicted molar refractivity (Wildman–Crippen MR) is 125 cm³/mol. The molecule has 6 heteroatoms. The molecule has 0 amide bonds. The first kappa shape index (κ1) is 22.0. The average molecular weight is 535 g/mol. The maximum absolute atomic E-state index is 4.42. The molecule has 0 spiro atoms. The summed E-state index contributed by atoms with van der Waals surface area (Å²) in [5.41, 5.74) is 1.69. The van der Waals surface area contributed by atoms with E-state index in [9.17, 15) is 0 Å². The number of benzene rings is 1. The Balaban J connectivity index is 0.00000243. The van der Waals surface area contributed by atoms with Crippen molar-refractivity contribution in [1.82, 2.24) is 15.5 Å². The molecule has 2 aliphatic rings. The van der Waals surface area contributed by atoms with Crippen LogP contribution in [0.1, 0.15) is 38.2 Å². The lowest BCUT2D eigenvalue weighted by Gasteiger charge is -2.21. The molecule has 2 N–H and O–H groups in total. The van der Waals surface area contributed by atoms with Gasteiger partial charge in [-0.05, 0) is 56.3 Å². The number of hydrogen-bond acceptors (Lipinski definition) is 2. The molecule has 0 aromatic heterocycles. The summed E-state index contributed by atoms with van der Waals surface area (Å²) in [6.07, 6.45) is 5.04. The van der Waals surface area contributed by atoms with Crippen molar-refractivity contribution in [2.75, 3.05) is 39.8 Å². The Hall–Kier alpha value is -0.340. The first-order valence-electron chi connectivity index (χ1n) is 9.59. The van der Waals surface area contributed by atoms with Gasteiger partial charge >= 0.3 is 0 Å². The second-order valence-corrected chi connectivity index (χ2v) is 8.38. The van der Waals surface area contributed by atoms with Crippen molar-refractivity contribution in [3.8, 4) is 0 Å². The predicted octanol–water partition coefficient (Wildman–Crippen LogP) is 4.00. The highest BCUT2D eigenvalue weighted by Gasteiger charge is 2.45. The van der Waals surface area contributed by atoms with Crippen molar-refractivity contribution in [3.63, 3.8) is 0 Å². The van der Waals surface area contributed by atoms with Crippen LogP contribution in [0.25, 0.3) is 0 Å². The fourth-order valence-electron chi connectivity index (χ4n) is 3.90. The standard InChI is InChI=1S/C20H31BrN4.HI/c1-3-11-25-12-8-16(14-25)13-23-19(22-2)24-15-20(9-10-20)17-6-4-5-7-18(17)21;/h4-7,16H,3,8-15H2,1-2H3,(H2,22,23,24);1H. The summed E-state index contributed by atoms with van der Waals surface area (Å²) in [6, 6.07) is 8.61. The Morgan fingerprint density at radius 3 is 2.73 bits per heavy atom. The van der Waals surface area contributed by atoms with Gasteiger partial charge in [-0.3, -0.25) is 4.99 Å². The third-order valence-corrected chi connectivity index (χ3v) is 6.28. The Kier molecular flexibility index (Phi) is 8.67. The molecule has 2 fully saturated rings. The second kappa shape index (κ2) is 10.3. The fraction of sp³-hybridized carbons (Fsp3) is 0.650. The SMILES string of the molecule is CCCN1CCC(CNC(=NC)NCC2(c3ccccc3Br)CC2)C1.I. The molecule has 3 rings (SSSR count). The molecule has 1 atom stereocenters. The van der Waals surface area contributed by atoms with Crippen LogP contribution in [0.15, 0.2) is 33.7 Å². The first-order chi connectivity index (χ1) is 12.2. The van der Waals surface area contributed by atoms with Crippen LogP contribution in [0.3, 0.4) is 0 Å². The van der Waals surface area contributed by atoms with E-state index in [0.717, 1.165) is 25.0 Å². The topological polar surface area (TPSA) is 39.7 Å². The number of likely N-dealkylation sites (tertiary alicyclic amines) is 1. The summed E-state index contributed by atoms with van der Waals surface area (Å²) in [5.74, 6) is 1.68. The van der Waals surface area contributed by atoms with E-state index in [-0.39, 0.29) is 29.4 Å². The Bertz CT molecular complexity index is 603. The lowest BCUT2D eigenvalue weighted by molar-refractivity contribution is 0.324. The van der Waals surface area contributed by atoms with Gasteiger partial charge in [-0.25, -0.2) is 0 Å². The van der Waals surface area contributed by atoms with Gasteiger partial charge in [0.2, 0.25) is 0 Å². The van der Waals surface area contributed by atoms with E-state index in [2.05, 4.69) is 67.6 Å². The summed E-state index contributed by atoms with van der Waals surface area (Å²) in [5, 5.41) is 7.10.